The molecule has 0 N–H and O–H groups in total. The Hall–Kier alpha value is -1.79. The summed E-state index contributed by atoms with van der Waals surface area (Å²) in [4.78, 5) is 0. The summed E-state index contributed by atoms with van der Waals surface area (Å²) in [6.45, 7) is 0. The van der Waals surface area contributed by atoms with Gasteiger partial charge in [-0.1, -0.05) is 24.5 Å². The van der Waals surface area contributed by atoms with Gasteiger partial charge in [-0.3, -0.25) is 4.68 Å². The van der Waals surface area contributed by atoms with Crippen molar-refractivity contribution in [2.45, 2.75) is 44.6 Å². The molecular weight excluding hydrogens is 252 g/mol. The van der Waals surface area contributed by atoms with E-state index in [0.29, 0.717) is 5.69 Å². The Labute approximate surface area is 109 Å². The highest BCUT2D eigenvalue weighted by atomic mass is 19.3. The Balaban J connectivity index is 1.96. The van der Waals surface area contributed by atoms with Gasteiger partial charge in [-0.2, -0.15) is 5.10 Å². The normalized spacial score (nSPS) is 17.2. The smallest absolute Gasteiger partial charge is 0.267 e. The van der Waals surface area contributed by atoms with E-state index in [4.69, 9.17) is 0 Å². The molecule has 0 atom stereocenters. The highest BCUT2D eigenvalue weighted by Crippen LogP contribution is 2.31. The lowest BCUT2D eigenvalue weighted by molar-refractivity contribution is 0.143. The second-order valence-corrected chi connectivity index (χ2v) is 4.82. The van der Waals surface area contributed by atoms with Gasteiger partial charge in [-0.25, -0.2) is 13.5 Å². The molecule has 102 valence electrons. The number of nitrogens with zero attached hydrogens (tertiary/aromatic N) is 5. The molecule has 0 unspecified atom stereocenters. The molecule has 2 aromatic rings. The lowest BCUT2D eigenvalue weighted by Gasteiger charge is -2.21. The van der Waals surface area contributed by atoms with E-state index in [1.54, 1.807) is 17.1 Å². The van der Waals surface area contributed by atoms with Crippen LogP contribution in [0, 0.1) is 0 Å². The Morgan fingerprint density at radius 2 is 2.00 bits per heavy atom. The second kappa shape index (κ2) is 5.07. The summed E-state index contributed by atoms with van der Waals surface area (Å²) in [7, 11) is 0. The highest BCUT2D eigenvalue weighted by Gasteiger charge is 2.24. The van der Waals surface area contributed by atoms with Crippen LogP contribution in [0.5, 0.6) is 0 Å². The first-order valence-corrected chi connectivity index (χ1v) is 6.49. The molecule has 1 aliphatic rings. The summed E-state index contributed by atoms with van der Waals surface area (Å²) in [5.74, 6) is 0. The van der Waals surface area contributed by atoms with Gasteiger partial charge in [-0.15, -0.1) is 5.10 Å². The molecule has 5 nitrogen and oxygen atoms in total. The maximum absolute atomic E-state index is 13.1. The van der Waals surface area contributed by atoms with Crippen LogP contribution in [-0.2, 0) is 0 Å². The number of hydrogen-bond acceptors (Lipinski definition) is 3. The third kappa shape index (κ3) is 2.36. The van der Waals surface area contributed by atoms with Gasteiger partial charge in [0.1, 0.15) is 5.69 Å². The molecule has 2 heterocycles. The zero-order valence-electron chi connectivity index (χ0n) is 10.4. The van der Waals surface area contributed by atoms with Crippen molar-refractivity contribution in [3.63, 3.8) is 0 Å². The molecular formula is C12H15F2N5. The standard InChI is InChI=1S/C12H15F2N5/c13-12(14)11-10(18-7-6-15-17-18)8-19(16-11)9-4-2-1-3-5-9/h6-9,12H,1-5H2. The molecule has 3 rings (SSSR count). The Morgan fingerprint density at radius 3 is 2.63 bits per heavy atom. The number of hydrogen-bond donors (Lipinski definition) is 0. The molecule has 0 spiro atoms. The Morgan fingerprint density at radius 1 is 1.21 bits per heavy atom. The average Bonchev–Trinajstić information content (AvgIpc) is 3.08. The summed E-state index contributed by atoms with van der Waals surface area (Å²) in [5, 5.41) is 11.5. The van der Waals surface area contributed by atoms with Crippen molar-refractivity contribution >= 4 is 0 Å². The Bertz CT molecular complexity index is 528. The van der Waals surface area contributed by atoms with E-state index in [9.17, 15) is 8.78 Å². The maximum atomic E-state index is 13.1. The summed E-state index contributed by atoms with van der Waals surface area (Å²) < 4.78 is 29.1. The van der Waals surface area contributed by atoms with Crippen molar-refractivity contribution in [2.75, 3.05) is 0 Å². The lowest BCUT2D eigenvalue weighted by Crippen LogP contribution is -2.13. The topological polar surface area (TPSA) is 48.5 Å². The lowest BCUT2D eigenvalue weighted by atomic mass is 9.96. The number of rotatable bonds is 3. The third-order valence-electron chi connectivity index (χ3n) is 3.57. The van der Waals surface area contributed by atoms with Gasteiger partial charge in [0.05, 0.1) is 24.6 Å². The molecule has 7 heteroatoms. The van der Waals surface area contributed by atoms with Gasteiger partial charge in [-0.05, 0) is 12.8 Å². The molecule has 1 saturated carbocycles. The fourth-order valence-electron chi connectivity index (χ4n) is 2.60. The van der Waals surface area contributed by atoms with E-state index >= 15 is 0 Å². The summed E-state index contributed by atoms with van der Waals surface area (Å²) in [6, 6.07) is 0.225. The van der Waals surface area contributed by atoms with Crippen LogP contribution < -0.4 is 0 Å². The molecule has 0 amide bonds. The average molecular weight is 267 g/mol. The van der Waals surface area contributed by atoms with Crippen molar-refractivity contribution in [2.24, 2.45) is 0 Å². The molecule has 1 fully saturated rings. The minimum absolute atomic E-state index is 0.225. The van der Waals surface area contributed by atoms with E-state index in [0.717, 1.165) is 25.7 Å². The Kier molecular flexibility index (Phi) is 3.27. The van der Waals surface area contributed by atoms with Crippen LogP contribution >= 0.6 is 0 Å². The zero-order valence-corrected chi connectivity index (χ0v) is 10.4. The van der Waals surface area contributed by atoms with E-state index in [-0.39, 0.29) is 11.7 Å². The molecule has 0 saturated heterocycles. The highest BCUT2D eigenvalue weighted by molar-refractivity contribution is 5.34. The maximum Gasteiger partial charge on any atom is 0.284 e. The second-order valence-electron chi connectivity index (χ2n) is 4.82. The monoisotopic (exact) mass is 267 g/mol. The first-order chi connectivity index (χ1) is 9.25. The molecule has 0 aromatic carbocycles. The van der Waals surface area contributed by atoms with Gasteiger partial charge < -0.3 is 0 Å². The number of alkyl halides is 2. The van der Waals surface area contributed by atoms with Crippen LogP contribution in [0.15, 0.2) is 18.6 Å². The van der Waals surface area contributed by atoms with Gasteiger partial charge in [0.15, 0.2) is 5.69 Å². The first kappa shape index (κ1) is 12.3. The van der Waals surface area contributed by atoms with Gasteiger partial charge >= 0.3 is 0 Å². The molecule has 0 radical (unpaired) electrons. The van der Waals surface area contributed by atoms with Crippen molar-refractivity contribution < 1.29 is 8.78 Å². The third-order valence-corrected chi connectivity index (χ3v) is 3.57. The van der Waals surface area contributed by atoms with Gasteiger partial charge in [0, 0.05) is 0 Å². The molecule has 0 bridgehead atoms. The molecule has 2 aromatic heterocycles. The van der Waals surface area contributed by atoms with E-state index in [1.807, 2.05) is 0 Å². The predicted octanol–water partition coefficient (Wildman–Crippen LogP) is 2.91. The van der Waals surface area contributed by atoms with Crippen LogP contribution in [0.1, 0.15) is 50.3 Å². The predicted molar refractivity (Wildman–Crippen MR) is 64.2 cm³/mol. The summed E-state index contributed by atoms with van der Waals surface area (Å²) in [6.07, 6.45) is 7.55. The van der Waals surface area contributed by atoms with Crippen LogP contribution in [0.2, 0.25) is 0 Å². The van der Waals surface area contributed by atoms with Gasteiger partial charge in [0.2, 0.25) is 0 Å². The van der Waals surface area contributed by atoms with Crippen LogP contribution in [0.4, 0.5) is 8.78 Å². The van der Waals surface area contributed by atoms with E-state index in [2.05, 4.69) is 15.4 Å². The van der Waals surface area contributed by atoms with Crippen LogP contribution in [0.25, 0.3) is 5.69 Å². The summed E-state index contributed by atoms with van der Waals surface area (Å²) in [5.41, 5.74) is 0.0918. The fraction of sp³-hybridized carbons (Fsp3) is 0.583. The first-order valence-electron chi connectivity index (χ1n) is 6.49. The minimum atomic E-state index is -2.61. The van der Waals surface area contributed by atoms with Gasteiger partial charge in [0.25, 0.3) is 6.43 Å². The molecule has 0 aliphatic heterocycles. The number of aromatic nitrogens is 5. The van der Waals surface area contributed by atoms with E-state index < -0.39 is 6.43 Å². The quantitative estimate of drug-likeness (QED) is 0.859. The molecule has 19 heavy (non-hydrogen) atoms. The van der Waals surface area contributed by atoms with Crippen molar-refractivity contribution in [1.29, 1.82) is 0 Å². The fourth-order valence-corrected chi connectivity index (χ4v) is 2.60. The number of halogens is 2. The molecule has 1 aliphatic carbocycles. The summed E-state index contributed by atoms with van der Waals surface area (Å²) >= 11 is 0. The van der Waals surface area contributed by atoms with Crippen molar-refractivity contribution in [1.82, 2.24) is 24.8 Å². The van der Waals surface area contributed by atoms with Crippen LogP contribution in [-0.4, -0.2) is 24.8 Å². The minimum Gasteiger partial charge on any atom is -0.267 e. The van der Waals surface area contributed by atoms with Crippen molar-refractivity contribution in [3.05, 3.63) is 24.3 Å². The van der Waals surface area contributed by atoms with Crippen molar-refractivity contribution in [3.8, 4) is 5.69 Å². The van der Waals surface area contributed by atoms with E-state index in [1.165, 1.54) is 17.3 Å². The van der Waals surface area contributed by atoms with Crippen LogP contribution in [0.3, 0.4) is 0 Å². The zero-order chi connectivity index (χ0) is 13.2. The largest absolute Gasteiger partial charge is 0.284 e. The SMILES string of the molecule is FC(F)c1nn(C2CCCCC2)cc1-n1ccnn1.